The zero-order valence-electron chi connectivity index (χ0n) is 31.4. The average molecular weight is 810 g/mol. The van der Waals surface area contributed by atoms with Crippen molar-refractivity contribution >= 4 is 38.4 Å². The van der Waals surface area contributed by atoms with Crippen molar-refractivity contribution in [1.29, 1.82) is 0 Å². The molecule has 7 heterocycles. The molecule has 2 bridgehead atoms. The molecule has 1 amide bonds. The number of nitrogens with two attached hydrogens (primary N) is 1. The lowest BCUT2D eigenvalue weighted by molar-refractivity contribution is -0.143. The quantitative estimate of drug-likeness (QED) is 0.173. The lowest BCUT2D eigenvalue weighted by atomic mass is 9.95. The minimum atomic E-state index is -4.90. The van der Waals surface area contributed by atoms with Gasteiger partial charge in [0.15, 0.2) is 11.9 Å². The molecular formula is C37H44F5N7O6S. The molecular weight excluding hydrogens is 766 g/mol. The molecule has 56 heavy (non-hydrogen) atoms. The van der Waals surface area contributed by atoms with Crippen LogP contribution in [0.2, 0.25) is 0 Å². The molecule has 7 atom stereocenters. The molecule has 5 aliphatic heterocycles. The Balaban J connectivity index is 1.27. The van der Waals surface area contributed by atoms with Gasteiger partial charge in [0.2, 0.25) is 5.88 Å². The minimum Gasteiger partial charge on any atom is -0.472 e. The number of pyridine rings is 1. The SMILES string of the molecule is CC[C@@H](OS(=O)(=O)CC)C(=O)N1[C@@H]2CC[C@H]1[C@H]1[C@H](C)Oc3nc(-c4cc(N)cc(C)c4C(F)(F)F)c(F)c4nc(OC[C@@]56CCCN5C[C@H](F)C6)nc(c34)N1C2. The molecule has 2 N–H and O–H groups in total. The third-order valence-electron chi connectivity index (χ3n) is 12.1. The van der Waals surface area contributed by atoms with Crippen LogP contribution in [0.15, 0.2) is 12.1 Å². The summed E-state index contributed by atoms with van der Waals surface area (Å²) in [7, 11) is -3.97. The molecule has 0 saturated carbocycles. The van der Waals surface area contributed by atoms with Crippen LogP contribution in [0, 0.1) is 12.7 Å². The molecule has 19 heteroatoms. The number of hydrogen-bond donors (Lipinski definition) is 1. The number of ether oxygens (including phenoxy) is 2. The molecule has 0 radical (unpaired) electrons. The molecule has 4 saturated heterocycles. The number of aromatic nitrogens is 3. The Labute approximate surface area is 320 Å². The van der Waals surface area contributed by atoms with Crippen LogP contribution in [0.5, 0.6) is 11.9 Å². The van der Waals surface area contributed by atoms with Gasteiger partial charge in [-0.05, 0) is 77.1 Å². The lowest BCUT2D eigenvalue weighted by Gasteiger charge is -2.48. The Bertz CT molecular complexity index is 2200. The van der Waals surface area contributed by atoms with E-state index in [0.29, 0.717) is 25.8 Å². The summed E-state index contributed by atoms with van der Waals surface area (Å²) in [4.78, 5) is 33.3. The molecule has 13 nitrogen and oxygen atoms in total. The summed E-state index contributed by atoms with van der Waals surface area (Å²) in [5.74, 6) is -2.04. The number of alkyl halides is 4. The van der Waals surface area contributed by atoms with Gasteiger partial charge < -0.3 is 25.0 Å². The van der Waals surface area contributed by atoms with Crippen LogP contribution in [0.25, 0.3) is 22.2 Å². The molecule has 8 rings (SSSR count). The third-order valence-corrected chi connectivity index (χ3v) is 13.3. The van der Waals surface area contributed by atoms with Crippen molar-refractivity contribution in [3.8, 4) is 23.1 Å². The van der Waals surface area contributed by atoms with E-state index in [2.05, 4.69) is 9.97 Å². The van der Waals surface area contributed by atoms with Gasteiger partial charge >= 0.3 is 12.2 Å². The fourth-order valence-electron chi connectivity index (χ4n) is 9.73. The van der Waals surface area contributed by atoms with Gasteiger partial charge in [-0.3, -0.25) is 13.9 Å². The molecule has 1 aromatic carbocycles. The normalized spacial score (nSPS) is 27.9. The standard InChI is InChI=1S/C37H44F5N7O6S/c1-5-25(55-56(51,52)6-2)34(50)49-22-8-9-24(49)31-19(4)54-33-26-30(28(39)29(44-33)23-13-21(43)12-18(3)27(23)37(40,41)42)45-35(46-32(26)48(31)16-22)53-17-36-10-7-11-47(36)15-20(38)14-36/h12-13,19-20,22,24-25,31H,5-11,14-17,43H2,1-4H3/t19-,20+,22+,24-,25+,31+,36-/m0/s1. The summed E-state index contributed by atoms with van der Waals surface area (Å²) in [6, 6.07) is 0.259. The molecule has 0 aliphatic carbocycles. The largest absolute Gasteiger partial charge is 0.472 e. The highest BCUT2D eigenvalue weighted by molar-refractivity contribution is 7.86. The second-order valence-electron chi connectivity index (χ2n) is 15.6. The molecule has 2 aromatic heterocycles. The van der Waals surface area contributed by atoms with E-state index in [4.69, 9.17) is 24.4 Å². The first kappa shape index (κ1) is 38.8. The highest BCUT2D eigenvalue weighted by atomic mass is 32.2. The van der Waals surface area contributed by atoms with E-state index in [1.165, 1.54) is 13.8 Å². The number of anilines is 2. The molecule has 5 aliphatic rings. The van der Waals surface area contributed by atoms with Gasteiger partial charge in [0.05, 0.1) is 28.9 Å². The van der Waals surface area contributed by atoms with Gasteiger partial charge in [-0.15, -0.1) is 0 Å². The first-order valence-electron chi connectivity index (χ1n) is 19.0. The van der Waals surface area contributed by atoms with Gasteiger partial charge in [-0.2, -0.15) is 31.6 Å². The number of benzene rings is 1. The van der Waals surface area contributed by atoms with Crippen molar-refractivity contribution in [2.45, 2.75) is 114 Å². The minimum absolute atomic E-state index is 0.000351. The highest BCUT2D eigenvalue weighted by Gasteiger charge is 2.54. The van der Waals surface area contributed by atoms with Gasteiger partial charge in [-0.1, -0.05) is 6.92 Å². The highest BCUT2D eigenvalue weighted by Crippen LogP contribution is 2.49. The fourth-order valence-corrected chi connectivity index (χ4v) is 10.4. The Kier molecular flexibility index (Phi) is 9.54. The maximum absolute atomic E-state index is 17.1. The Morgan fingerprint density at radius 3 is 2.64 bits per heavy atom. The molecule has 304 valence electrons. The van der Waals surface area contributed by atoms with E-state index < -0.39 is 92.4 Å². The summed E-state index contributed by atoms with van der Waals surface area (Å²) < 4.78 is 118. The van der Waals surface area contributed by atoms with Crippen molar-refractivity contribution < 1.29 is 48.8 Å². The molecule has 0 unspecified atom stereocenters. The molecule has 4 fully saturated rings. The van der Waals surface area contributed by atoms with Crippen LogP contribution in [0.4, 0.5) is 33.5 Å². The van der Waals surface area contributed by atoms with E-state index >= 15 is 4.39 Å². The van der Waals surface area contributed by atoms with E-state index in [0.717, 1.165) is 18.6 Å². The number of nitrogens with zero attached hydrogens (tertiary/aromatic N) is 6. The number of hydrogen-bond acceptors (Lipinski definition) is 12. The maximum Gasteiger partial charge on any atom is 0.417 e. The zero-order chi connectivity index (χ0) is 40.1. The first-order chi connectivity index (χ1) is 26.4. The summed E-state index contributed by atoms with van der Waals surface area (Å²) in [5, 5.41) is 0.00969. The second kappa shape index (κ2) is 13.8. The van der Waals surface area contributed by atoms with Gasteiger partial charge in [0, 0.05) is 36.8 Å². The monoisotopic (exact) mass is 809 g/mol. The van der Waals surface area contributed by atoms with E-state index in [-0.39, 0.29) is 72.6 Å². The number of piperazine rings is 1. The van der Waals surface area contributed by atoms with Crippen molar-refractivity contribution in [3.63, 3.8) is 0 Å². The number of carbonyl (C=O) groups excluding carboxylic acids is 1. The van der Waals surface area contributed by atoms with Crippen LogP contribution in [-0.4, -0.2) is 113 Å². The van der Waals surface area contributed by atoms with Crippen LogP contribution in [0.3, 0.4) is 0 Å². The first-order valence-corrected chi connectivity index (χ1v) is 20.6. The van der Waals surface area contributed by atoms with Gasteiger partial charge in [0.1, 0.15) is 41.3 Å². The smallest absolute Gasteiger partial charge is 0.417 e. The third kappa shape index (κ3) is 6.37. The number of aryl methyl sites for hydroxylation is 1. The van der Waals surface area contributed by atoms with Gasteiger partial charge in [0.25, 0.3) is 16.0 Å². The Hall–Kier alpha value is -4.10. The number of carbonyl (C=O) groups is 1. The van der Waals surface area contributed by atoms with Crippen molar-refractivity contribution in [3.05, 3.63) is 29.1 Å². The number of rotatable bonds is 9. The Morgan fingerprint density at radius 1 is 1.16 bits per heavy atom. The van der Waals surface area contributed by atoms with Crippen molar-refractivity contribution in [1.82, 2.24) is 24.8 Å². The van der Waals surface area contributed by atoms with Crippen LogP contribution in [-0.2, 0) is 25.3 Å². The average Bonchev–Trinajstić information content (AvgIpc) is 3.74. The van der Waals surface area contributed by atoms with Crippen molar-refractivity contribution in [2.75, 3.05) is 42.6 Å². The van der Waals surface area contributed by atoms with Crippen LogP contribution in [0.1, 0.15) is 70.4 Å². The van der Waals surface area contributed by atoms with Crippen molar-refractivity contribution in [2.24, 2.45) is 0 Å². The Morgan fingerprint density at radius 2 is 1.93 bits per heavy atom. The summed E-state index contributed by atoms with van der Waals surface area (Å²) in [6.45, 7) is 7.15. The summed E-state index contributed by atoms with van der Waals surface area (Å²) >= 11 is 0. The summed E-state index contributed by atoms with van der Waals surface area (Å²) in [6.07, 6.45) is -5.10. The number of halogens is 5. The maximum atomic E-state index is 17.1. The topological polar surface area (TPSA) is 153 Å². The number of amides is 1. The zero-order valence-corrected chi connectivity index (χ0v) is 32.2. The predicted molar refractivity (Wildman–Crippen MR) is 195 cm³/mol. The second-order valence-corrected chi connectivity index (χ2v) is 17.5. The van der Waals surface area contributed by atoms with E-state index in [9.17, 15) is 30.8 Å². The van der Waals surface area contributed by atoms with Crippen LogP contribution >= 0.6 is 0 Å². The van der Waals surface area contributed by atoms with E-state index in [1.807, 2.05) is 9.80 Å². The number of nitrogen functional groups attached to an aromatic ring is 1. The lowest BCUT2D eigenvalue weighted by Crippen LogP contribution is -2.66. The van der Waals surface area contributed by atoms with Crippen LogP contribution < -0.4 is 20.1 Å². The number of fused-ring (bicyclic) bond motifs is 6. The van der Waals surface area contributed by atoms with E-state index in [1.54, 1.807) is 18.7 Å². The fraction of sp³-hybridized carbons (Fsp3) is 0.622. The predicted octanol–water partition coefficient (Wildman–Crippen LogP) is 5.17. The summed E-state index contributed by atoms with van der Waals surface area (Å²) in [5.41, 5.74) is 2.32. The molecule has 3 aromatic rings. The van der Waals surface area contributed by atoms with Gasteiger partial charge in [-0.25, -0.2) is 13.8 Å². The molecule has 0 spiro atoms.